The van der Waals surface area contributed by atoms with Crippen LogP contribution >= 0.6 is 11.3 Å². The van der Waals surface area contributed by atoms with Crippen molar-refractivity contribution in [1.29, 1.82) is 0 Å². The fourth-order valence-corrected chi connectivity index (χ4v) is 4.09. The predicted molar refractivity (Wildman–Crippen MR) is 110 cm³/mol. The number of hydrogen-bond acceptors (Lipinski definition) is 4. The van der Waals surface area contributed by atoms with E-state index in [4.69, 9.17) is 9.72 Å². The van der Waals surface area contributed by atoms with Crippen LogP contribution in [-0.4, -0.2) is 22.3 Å². The Balaban J connectivity index is 1.81. The van der Waals surface area contributed by atoms with E-state index in [0.29, 0.717) is 18.0 Å². The van der Waals surface area contributed by atoms with Crippen LogP contribution in [-0.2, 0) is 6.42 Å². The molecular weight excluding hydrogens is 356 g/mol. The summed E-state index contributed by atoms with van der Waals surface area (Å²) in [6.07, 6.45) is 1.90. The van der Waals surface area contributed by atoms with Crippen LogP contribution < -0.4 is 4.74 Å². The lowest BCUT2D eigenvalue weighted by Crippen LogP contribution is -1.95. The van der Waals surface area contributed by atoms with E-state index in [0.717, 1.165) is 40.2 Å². The van der Waals surface area contributed by atoms with E-state index in [-0.39, 0.29) is 0 Å². The lowest BCUT2D eigenvalue weighted by atomic mass is 10.1. The maximum absolute atomic E-state index is 11.9. The molecule has 27 heavy (non-hydrogen) atoms. The SMILES string of the molecule is CCOc1ccc(-c2nc3scc(-c4ccc(CC)cc4)n3c2C=O)cc1. The fraction of sp³-hybridized carbons (Fsp3) is 0.182. The van der Waals surface area contributed by atoms with Crippen LogP contribution in [0.25, 0.3) is 27.5 Å². The number of ether oxygens (including phenoxy) is 1. The molecule has 0 aliphatic carbocycles. The number of carbonyl (C=O) groups excluding carboxylic acids is 1. The summed E-state index contributed by atoms with van der Waals surface area (Å²) < 4.78 is 7.45. The highest BCUT2D eigenvalue weighted by Crippen LogP contribution is 2.33. The van der Waals surface area contributed by atoms with Crippen LogP contribution in [0.3, 0.4) is 0 Å². The third kappa shape index (κ3) is 3.15. The maximum Gasteiger partial charge on any atom is 0.195 e. The van der Waals surface area contributed by atoms with Crippen LogP contribution in [0.15, 0.2) is 53.9 Å². The zero-order valence-electron chi connectivity index (χ0n) is 15.3. The number of rotatable bonds is 6. The summed E-state index contributed by atoms with van der Waals surface area (Å²) in [5.74, 6) is 0.812. The zero-order chi connectivity index (χ0) is 18.8. The number of aryl methyl sites for hydroxylation is 1. The average molecular weight is 376 g/mol. The van der Waals surface area contributed by atoms with E-state index in [2.05, 4.69) is 36.6 Å². The largest absolute Gasteiger partial charge is 0.494 e. The van der Waals surface area contributed by atoms with Gasteiger partial charge in [0, 0.05) is 10.9 Å². The zero-order valence-corrected chi connectivity index (χ0v) is 16.1. The number of hydrogen-bond donors (Lipinski definition) is 0. The van der Waals surface area contributed by atoms with E-state index in [1.165, 1.54) is 5.56 Å². The van der Waals surface area contributed by atoms with Crippen molar-refractivity contribution >= 4 is 22.6 Å². The van der Waals surface area contributed by atoms with Crippen LogP contribution in [0, 0.1) is 0 Å². The molecule has 0 radical (unpaired) electrons. The van der Waals surface area contributed by atoms with E-state index >= 15 is 0 Å². The van der Waals surface area contributed by atoms with Gasteiger partial charge in [-0.2, -0.15) is 0 Å². The number of thiazole rings is 1. The number of aromatic nitrogens is 2. The Kier molecular flexibility index (Phi) is 4.77. The first-order valence-corrected chi connectivity index (χ1v) is 9.90. The van der Waals surface area contributed by atoms with Crippen molar-refractivity contribution in [2.24, 2.45) is 0 Å². The number of benzene rings is 2. The number of fused-ring (bicyclic) bond motifs is 1. The predicted octanol–water partition coefficient (Wildman–Crippen LogP) is 5.50. The summed E-state index contributed by atoms with van der Waals surface area (Å²) in [4.78, 5) is 17.5. The van der Waals surface area contributed by atoms with Crippen molar-refractivity contribution in [3.63, 3.8) is 0 Å². The molecule has 0 aliphatic heterocycles. The molecule has 0 saturated carbocycles. The minimum Gasteiger partial charge on any atom is -0.494 e. The molecule has 0 amide bonds. The van der Waals surface area contributed by atoms with Gasteiger partial charge in [0.25, 0.3) is 0 Å². The molecule has 0 unspecified atom stereocenters. The molecule has 4 rings (SSSR count). The highest BCUT2D eigenvalue weighted by molar-refractivity contribution is 7.15. The summed E-state index contributed by atoms with van der Waals surface area (Å²) in [7, 11) is 0. The average Bonchev–Trinajstić information content (AvgIpc) is 3.28. The van der Waals surface area contributed by atoms with Crippen molar-refractivity contribution in [3.8, 4) is 28.3 Å². The first-order valence-electron chi connectivity index (χ1n) is 9.02. The monoisotopic (exact) mass is 376 g/mol. The molecule has 0 bridgehead atoms. The Morgan fingerprint density at radius 3 is 2.37 bits per heavy atom. The van der Waals surface area contributed by atoms with Gasteiger partial charge in [0.05, 0.1) is 12.3 Å². The third-order valence-corrected chi connectivity index (χ3v) is 5.43. The Bertz CT molecular complexity index is 1080. The van der Waals surface area contributed by atoms with Gasteiger partial charge < -0.3 is 4.74 Å². The molecule has 0 spiro atoms. The molecule has 5 heteroatoms. The molecule has 0 saturated heterocycles. The standard InChI is InChI=1S/C22H20N2O2S/c1-3-15-5-7-16(8-6-15)20-14-27-22-23-21(19(13-25)24(20)22)17-9-11-18(12-10-17)26-4-2/h5-14H,3-4H2,1-2H3. The molecule has 2 aromatic carbocycles. The lowest BCUT2D eigenvalue weighted by Gasteiger charge is -2.05. The van der Waals surface area contributed by atoms with Crippen molar-refractivity contribution in [1.82, 2.24) is 9.38 Å². The molecule has 2 aromatic heterocycles. The maximum atomic E-state index is 11.9. The van der Waals surface area contributed by atoms with Gasteiger partial charge in [-0.05, 0) is 48.7 Å². The van der Waals surface area contributed by atoms with Gasteiger partial charge in [-0.15, -0.1) is 11.3 Å². The molecular formula is C22H20N2O2S. The molecule has 136 valence electrons. The lowest BCUT2D eigenvalue weighted by molar-refractivity contribution is 0.111. The molecule has 4 aromatic rings. The smallest absolute Gasteiger partial charge is 0.195 e. The molecule has 4 nitrogen and oxygen atoms in total. The Morgan fingerprint density at radius 1 is 1.04 bits per heavy atom. The number of carbonyl (C=O) groups is 1. The molecule has 0 N–H and O–H groups in total. The minimum absolute atomic E-state index is 0.574. The summed E-state index contributed by atoms with van der Waals surface area (Å²) in [5.41, 5.74) is 5.54. The Hall–Kier alpha value is -2.92. The second kappa shape index (κ2) is 7.37. The molecule has 0 fully saturated rings. The van der Waals surface area contributed by atoms with E-state index in [1.54, 1.807) is 11.3 Å². The van der Waals surface area contributed by atoms with Crippen molar-refractivity contribution in [2.75, 3.05) is 6.61 Å². The van der Waals surface area contributed by atoms with Gasteiger partial charge in [-0.1, -0.05) is 31.2 Å². The molecule has 0 atom stereocenters. The topological polar surface area (TPSA) is 43.6 Å². The van der Waals surface area contributed by atoms with Crippen LogP contribution in [0.1, 0.15) is 29.9 Å². The van der Waals surface area contributed by atoms with E-state index in [1.807, 2.05) is 35.6 Å². The van der Waals surface area contributed by atoms with Crippen LogP contribution in [0.5, 0.6) is 5.75 Å². The second-order valence-corrected chi connectivity index (χ2v) is 7.05. The van der Waals surface area contributed by atoms with Gasteiger partial charge in [0.1, 0.15) is 17.1 Å². The third-order valence-electron chi connectivity index (χ3n) is 4.61. The van der Waals surface area contributed by atoms with Crippen molar-refractivity contribution < 1.29 is 9.53 Å². The van der Waals surface area contributed by atoms with Gasteiger partial charge in [-0.3, -0.25) is 9.20 Å². The first kappa shape index (κ1) is 17.5. The fourth-order valence-electron chi connectivity index (χ4n) is 3.19. The van der Waals surface area contributed by atoms with Gasteiger partial charge in [0.2, 0.25) is 0 Å². The molecule has 2 heterocycles. The summed E-state index contributed by atoms with van der Waals surface area (Å²) >= 11 is 1.54. The number of imidazole rings is 1. The highest BCUT2D eigenvalue weighted by atomic mass is 32.1. The minimum atomic E-state index is 0.574. The van der Waals surface area contributed by atoms with Crippen LogP contribution in [0.4, 0.5) is 0 Å². The second-order valence-electron chi connectivity index (χ2n) is 6.21. The van der Waals surface area contributed by atoms with Crippen molar-refractivity contribution in [3.05, 3.63) is 65.2 Å². The summed E-state index contributed by atoms with van der Waals surface area (Å²) in [6.45, 7) is 4.72. The summed E-state index contributed by atoms with van der Waals surface area (Å²) in [5, 5.41) is 2.05. The summed E-state index contributed by atoms with van der Waals surface area (Å²) in [6, 6.07) is 16.2. The Labute approximate surface area is 162 Å². The Morgan fingerprint density at radius 2 is 1.74 bits per heavy atom. The van der Waals surface area contributed by atoms with E-state index < -0.39 is 0 Å². The normalized spacial score (nSPS) is 11.0. The van der Waals surface area contributed by atoms with Gasteiger partial charge in [-0.25, -0.2) is 4.98 Å². The van der Waals surface area contributed by atoms with Crippen LogP contribution in [0.2, 0.25) is 0 Å². The quantitative estimate of drug-likeness (QED) is 0.417. The highest BCUT2D eigenvalue weighted by Gasteiger charge is 2.18. The molecule has 0 aliphatic rings. The van der Waals surface area contributed by atoms with E-state index in [9.17, 15) is 4.79 Å². The number of aldehydes is 1. The van der Waals surface area contributed by atoms with Gasteiger partial charge in [0.15, 0.2) is 11.2 Å². The van der Waals surface area contributed by atoms with Crippen molar-refractivity contribution in [2.45, 2.75) is 20.3 Å². The number of nitrogens with zero attached hydrogens (tertiary/aromatic N) is 2. The first-order chi connectivity index (χ1) is 13.2. The van der Waals surface area contributed by atoms with Gasteiger partial charge >= 0.3 is 0 Å².